The number of nitrogens with zero attached hydrogens (tertiary/aromatic N) is 4. The Bertz CT molecular complexity index is 1200. The summed E-state index contributed by atoms with van der Waals surface area (Å²) in [6.07, 6.45) is 6.22. The van der Waals surface area contributed by atoms with Crippen molar-refractivity contribution in [2.75, 3.05) is 6.54 Å². The Kier molecular flexibility index (Phi) is 4.69. The van der Waals surface area contributed by atoms with E-state index in [0.29, 0.717) is 17.9 Å². The Morgan fingerprint density at radius 1 is 1.13 bits per heavy atom. The number of aromatic nitrogens is 3. The first kappa shape index (κ1) is 18.7. The van der Waals surface area contributed by atoms with E-state index in [-0.39, 0.29) is 16.5 Å². The molecule has 0 spiro atoms. The molecule has 2 aromatic carbocycles. The number of phenols is 2. The van der Waals surface area contributed by atoms with Crippen LogP contribution >= 0.6 is 11.6 Å². The highest BCUT2D eigenvalue weighted by molar-refractivity contribution is 6.32. The van der Waals surface area contributed by atoms with Gasteiger partial charge in [-0.25, -0.2) is 4.98 Å². The molecule has 0 atom stereocenters. The maximum absolute atomic E-state index is 10.3. The van der Waals surface area contributed by atoms with Crippen LogP contribution in [0.15, 0.2) is 59.6 Å². The third-order valence-corrected chi connectivity index (χ3v) is 5.65. The van der Waals surface area contributed by atoms with E-state index in [1.807, 2.05) is 16.8 Å². The maximum atomic E-state index is 10.3. The number of aromatic hydroxyl groups is 2. The zero-order chi connectivity index (χ0) is 20.7. The topological polar surface area (TPSA) is 87.5 Å². The molecule has 0 radical (unpaired) electrons. The van der Waals surface area contributed by atoms with Crippen LogP contribution in [0.3, 0.4) is 0 Å². The fourth-order valence-electron chi connectivity index (χ4n) is 3.83. The molecule has 1 aliphatic rings. The summed E-state index contributed by atoms with van der Waals surface area (Å²) in [5.74, 6) is 0.216. The lowest BCUT2D eigenvalue weighted by Crippen LogP contribution is -2.30. The fraction of sp³-hybridized carbons (Fsp3) is 0.182. The first-order valence-electron chi connectivity index (χ1n) is 9.57. The number of halogens is 1. The third-order valence-electron chi connectivity index (χ3n) is 5.35. The first-order chi connectivity index (χ1) is 14.6. The number of rotatable bonds is 4. The monoisotopic (exact) mass is 422 g/mol. The Hall–Kier alpha value is -3.29. The van der Waals surface area contributed by atoms with Crippen molar-refractivity contribution >= 4 is 11.6 Å². The van der Waals surface area contributed by atoms with E-state index in [2.05, 4.69) is 33.2 Å². The summed E-state index contributed by atoms with van der Waals surface area (Å²) in [6.45, 7) is 2.27. The smallest absolute Gasteiger partial charge is 0.175 e. The van der Waals surface area contributed by atoms with Crippen LogP contribution in [0.25, 0.3) is 17.0 Å². The standard InChI is InChI=1S/C22H19ClN4O3/c23-18-9-16(20(28)10-21(18)29)22-17-12-26(6-4-19(17)25-30-22)11-14-2-1-3-15(8-14)27-7-5-24-13-27/h1-3,5,7-10,13,28-29H,4,6,11-12H2. The Balaban J connectivity index is 1.40. The molecule has 0 amide bonds. The van der Waals surface area contributed by atoms with E-state index in [1.165, 1.54) is 17.7 Å². The van der Waals surface area contributed by atoms with Crippen LogP contribution in [-0.4, -0.2) is 36.4 Å². The minimum atomic E-state index is -0.175. The molecule has 3 heterocycles. The maximum Gasteiger partial charge on any atom is 0.175 e. The van der Waals surface area contributed by atoms with Gasteiger partial charge < -0.3 is 19.3 Å². The highest BCUT2D eigenvalue weighted by Gasteiger charge is 2.26. The molecular weight excluding hydrogens is 404 g/mol. The van der Waals surface area contributed by atoms with Crippen LogP contribution in [0, 0.1) is 0 Å². The lowest BCUT2D eigenvalue weighted by Gasteiger charge is -2.26. The fourth-order valence-corrected chi connectivity index (χ4v) is 4.00. The van der Waals surface area contributed by atoms with Crippen LogP contribution in [0.1, 0.15) is 16.8 Å². The van der Waals surface area contributed by atoms with Crippen LogP contribution in [0.4, 0.5) is 0 Å². The lowest BCUT2D eigenvalue weighted by atomic mass is 10.0. The second kappa shape index (κ2) is 7.51. The van der Waals surface area contributed by atoms with Crippen LogP contribution in [-0.2, 0) is 19.5 Å². The van der Waals surface area contributed by atoms with E-state index in [9.17, 15) is 10.2 Å². The van der Waals surface area contributed by atoms with Crippen molar-refractivity contribution in [2.45, 2.75) is 19.5 Å². The van der Waals surface area contributed by atoms with Gasteiger partial charge in [0.2, 0.25) is 0 Å². The molecular formula is C22H19ClN4O3. The Labute approximate surface area is 177 Å². The number of hydrogen-bond donors (Lipinski definition) is 2. The Morgan fingerprint density at radius 2 is 2.03 bits per heavy atom. The molecule has 30 heavy (non-hydrogen) atoms. The molecule has 0 unspecified atom stereocenters. The van der Waals surface area contributed by atoms with Gasteiger partial charge in [0.1, 0.15) is 11.5 Å². The molecule has 2 aromatic heterocycles. The first-order valence-corrected chi connectivity index (χ1v) is 9.95. The third kappa shape index (κ3) is 3.42. The van der Waals surface area contributed by atoms with E-state index >= 15 is 0 Å². The summed E-state index contributed by atoms with van der Waals surface area (Å²) >= 11 is 6.04. The van der Waals surface area contributed by atoms with Gasteiger partial charge in [-0.15, -0.1) is 0 Å². The van der Waals surface area contributed by atoms with Crippen molar-refractivity contribution in [1.82, 2.24) is 19.6 Å². The van der Waals surface area contributed by atoms with Crippen molar-refractivity contribution in [3.05, 3.63) is 77.0 Å². The van der Waals surface area contributed by atoms with Gasteiger partial charge in [0.25, 0.3) is 0 Å². The van der Waals surface area contributed by atoms with Crippen molar-refractivity contribution < 1.29 is 14.7 Å². The second-order valence-electron chi connectivity index (χ2n) is 7.36. The van der Waals surface area contributed by atoms with Crippen molar-refractivity contribution in [2.24, 2.45) is 0 Å². The molecule has 7 nitrogen and oxygen atoms in total. The second-order valence-corrected chi connectivity index (χ2v) is 7.77. The van der Waals surface area contributed by atoms with Crippen molar-refractivity contribution in [3.63, 3.8) is 0 Å². The average molecular weight is 423 g/mol. The van der Waals surface area contributed by atoms with Crippen LogP contribution in [0.2, 0.25) is 5.02 Å². The summed E-state index contributed by atoms with van der Waals surface area (Å²) < 4.78 is 7.54. The van der Waals surface area contributed by atoms with Crippen molar-refractivity contribution in [3.8, 4) is 28.5 Å². The molecule has 5 rings (SSSR count). The molecule has 0 aliphatic carbocycles. The van der Waals surface area contributed by atoms with Gasteiger partial charge in [-0.05, 0) is 23.8 Å². The quantitative estimate of drug-likeness (QED) is 0.513. The zero-order valence-electron chi connectivity index (χ0n) is 16.0. The summed E-state index contributed by atoms with van der Waals surface area (Å²) in [7, 11) is 0. The molecule has 2 N–H and O–H groups in total. The predicted molar refractivity (Wildman–Crippen MR) is 112 cm³/mol. The largest absolute Gasteiger partial charge is 0.507 e. The molecule has 0 saturated heterocycles. The number of imidazole rings is 1. The Morgan fingerprint density at radius 3 is 2.87 bits per heavy atom. The van der Waals surface area contributed by atoms with Crippen LogP contribution < -0.4 is 0 Å². The number of phenolic OH excluding ortho intramolecular Hbond substituents is 2. The minimum absolute atomic E-state index is 0.0963. The molecule has 8 heteroatoms. The van der Waals surface area contributed by atoms with E-state index in [1.54, 1.807) is 12.5 Å². The normalized spacial score (nSPS) is 14.0. The van der Waals surface area contributed by atoms with Gasteiger partial charge in [0, 0.05) is 55.8 Å². The van der Waals surface area contributed by atoms with E-state index in [4.69, 9.17) is 16.1 Å². The molecule has 4 aromatic rings. The summed E-state index contributed by atoms with van der Waals surface area (Å²) in [4.78, 5) is 6.42. The van der Waals surface area contributed by atoms with Gasteiger partial charge >= 0.3 is 0 Å². The number of fused-ring (bicyclic) bond motifs is 1. The molecule has 0 fully saturated rings. The molecule has 0 bridgehead atoms. The average Bonchev–Trinajstić information content (AvgIpc) is 3.41. The van der Waals surface area contributed by atoms with Gasteiger partial charge in [-0.2, -0.15) is 0 Å². The number of hydrogen-bond acceptors (Lipinski definition) is 6. The van der Waals surface area contributed by atoms with E-state index < -0.39 is 0 Å². The summed E-state index contributed by atoms with van der Waals surface area (Å²) in [5.41, 5.74) is 4.51. The highest BCUT2D eigenvalue weighted by atomic mass is 35.5. The molecule has 0 saturated carbocycles. The predicted octanol–water partition coefficient (Wildman–Crippen LogP) is 4.15. The summed E-state index contributed by atoms with van der Waals surface area (Å²) in [6, 6.07) is 11.1. The lowest BCUT2D eigenvalue weighted by molar-refractivity contribution is 0.245. The van der Waals surface area contributed by atoms with Gasteiger partial charge in [-0.3, -0.25) is 4.90 Å². The van der Waals surface area contributed by atoms with Gasteiger partial charge in [0.15, 0.2) is 5.76 Å². The molecule has 1 aliphatic heterocycles. The van der Waals surface area contributed by atoms with Gasteiger partial charge in [0.05, 0.1) is 22.6 Å². The number of benzene rings is 2. The SMILES string of the molecule is Oc1cc(O)c(-c2onc3c2CN(Cc2cccc(-n4ccnc4)c2)CC3)cc1Cl. The van der Waals surface area contributed by atoms with Crippen LogP contribution in [0.5, 0.6) is 11.5 Å². The highest BCUT2D eigenvalue weighted by Crippen LogP contribution is 2.40. The summed E-state index contributed by atoms with van der Waals surface area (Å²) in [5, 5.41) is 24.3. The van der Waals surface area contributed by atoms with Gasteiger partial charge in [-0.1, -0.05) is 28.9 Å². The van der Waals surface area contributed by atoms with Crippen molar-refractivity contribution in [1.29, 1.82) is 0 Å². The minimum Gasteiger partial charge on any atom is -0.507 e. The zero-order valence-corrected chi connectivity index (χ0v) is 16.8. The molecule has 152 valence electrons. The van der Waals surface area contributed by atoms with E-state index in [0.717, 1.165) is 36.5 Å².